The summed E-state index contributed by atoms with van der Waals surface area (Å²) >= 11 is 3.26. The third-order valence-corrected chi connectivity index (χ3v) is 3.94. The van der Waals surface area contributed by atoms with Gasteiger partial charge in [0, 0.05) is 16.9 Å². The van der Waals surface area contributed by atoms with Crippen molar-refractivity contribution in [2.45, 2.75) is 12.0 Å². The molecule has 0 unspecified atom stereocenters. The molecule has 0 bridgehead atoms. The molecule has 2 atom stereocenters. The van der Waals surface area contributed by atoms with Crippen molar-refractivity contribution in [3.63, 3.8) is 0 Å². The Morgan fingerprint density at radius 2 is 2.33 bits per heavy atom. The van der Waals surface area contributed by atoms with Crippen molar-refractivity contribution in [3.05, 3.63) is 34.1 Å². The number of hydrogen-bond donors (Lipinski definition) is 1. The lowest BCUT2D eigenvalue weighted by molar-refractivity contribution is 0.106. The Balaban J connectivity index is 1.94. The number of nitrogens with two attached hydrogens (primary N) is 1. The molecule has 0 aliphatic carbocycles. The van der Waals surface area contributed by atoms with Gasteiger partial charge in [0.05, 0.1) is 12.6 Å². The first-order valence-electron chi connectivity index (χ1n) is 5.82. The van der Waals surface area contributed by atoms with Gasteiger partial charge in [-0.25, -0.2) is 4.39 Å². The second-order valence-electron chi connectivity index (χ2n) is 4.53. The minimum Gasteiger partial charge on any atom is -0.392 e. The molecule has 0 spiro atoms. The highest BCUT2D eigenvalue weighted by atomic mass is 79.9. The van der Waals surface area contributed by atoms with E-state index in [0.29, 0.717) is 18.7 Å². The molecule has 2 aliphatic heterocycles. The fraction of sp³-hybridized carbons (Fsp3) is 0.417. The van der Waals surface area contributed by atoms with Gasteiger partial charge in [-0.05, 0) is 17.7 Å². The Kier molecular flexibility index (Phi) is 2.99. The van der Waals surface area contributed by atoms with Crippen molar-refractivity contribution < 1.29 is 9.23 Å². The van der Waals surface area contributed by atoms with E-state index in [1.54, 1.807) is 6.07 Å². The van der Waals surface area contributed by atoms with Crippen LogP contribution in [0.4, 0.5) is 4.39 Å². The normalized spacial score (nSPS) is 26.6. The summed E-state index contributed by atoms with van der Waals surface area (Å²) in [5, 5.41) is 3.98. The van der Waals surface area contributed by atoms with Gasteiger partial charge in [0.2, 0.25) is 0 Å². The van der Waals surface area contributed by atoms with Gasteiger partial charge in [0.1, 0.15) is 12.4 Å². The van der Waals surface area contributed by atoms with E-state index in [2.05, 4.69) is 26.0 Å². The Morgan fingerprint density at radius 1 is 1.50 bits per heavy atom. The van der Waals surface area contributed by atoms with E-state index in [1.165, 1.54) is 6.07 Å². The SMILES string of the molecule is N[C@@H]1C2=NOCCN2C[C@H]1c1ccc(Br)cc1F. The quantitative estimate of drug-likeness (QED) is 0.858. The van der Waals surface area contributed by atoms with Gasteiger partial charge >= 0.3 is 0 Å². The second kappa shape index (κ2) is 4.51. The van der Waals surface area contributed by atoms with Crippen LogP contribution in [0.1, 0.15) is 11.5 Å². The topological polar surface area (TPSA) is 50.9 Å². The molecule has 2 heterocycles. The van der Waals surface area contributed by atoms with E-state index in [4.69, 9.17) is 10.6 Å². The van der Waals surface area contributed by atoms with Crippen LogP contribution in [0.2, 0.25) is 0 Å². The van der Waals surface area contributed by atoms with Crippen LogP contribution in [-0.2, 0) is 4.84 Å². The lowest BCUT2D eigenvalue weighted by Crippen LogP contribution is -2.39. The lowest BCUT2D eigenvalue weighted by atomic mass is 9.94. The molecule has 2 N–H and O–H groups in total. The first-order chi connectivity index (χ1) is 8.66. The van der Waals surface area contributed by atoms with Gasteiger partial charge in [-0.15, -0.1) is 0 Å². The van der Waals surface area contributed by atoms with Gasteiger partial charge in [0.15, 0.2) is 5.84 Å². The van der Waals surface area contributed by atoms with Crippen LogP contribution in [0.15, 0.2) is 27.8 Å². The zero-order valence-corrected chi connectivity index (χ0v) is 11.2. The van der Waals surface area contributed by atoms with Crippen LogP contribution in [0.25, 0.3) is 0 Å². The van der Waals surface area contributed by atoms with Crippen LogP contribution in [0, 0.1) is 5.82 Å². The number of oxime groups is 1. The van der Waals surface area contributed by atoms with Gasteiger partial charge in [-0.3, -0.25) is 0 Å². The molecule has 4 nitrogen and oxygen atoms in total. The Morgan fingerprint density at radius 3 is 3.06 bits per heavy atom. The van der Waals surface area contributed by atoms with Crippen molar-refractivity contribution in [1.82, 2.24) is 4.90 Å². The minimum absolute atomic E-state index is 0.0708. The second-order valence-corrected chi connectivity index (χ2v) is 5.44. The maximum Gasteiger partial charge on any atom is 0.162 e. The monoisotopic (exact) mass is 313 g/mol. The fourth-order valence-electron chi connectivity index (χ4n) is 2.52. The third kappa shape index (κ3) is 1.89. The molecule has 1 aromatic rings. The average molecular weight is 314 g/mol. The predicted molar refractivity (Wildman–Crippen MR) is 69.8 cm³/mol. The van der Waals surface area contributed by atoms with Crippen LogP contribution in [0.3, 0.4) is 0 Å². The largest absolute Gasteiger partial charge is 0.392 e. The van der Waals surface area contributed by atoms with E-state index in [9.17, 15) is 4.39 Å². The molecule has 6 heteroatoms. The number of fused-ring (bicyclic) bond motifs is 1. The van der Waals surface area contributed by atoms with Crippen LogP contribution in [0.5, 0.6) is 0 Å². The summed E-state index contributed by atoms with van der Waals surface area (Å²) in [6.07, 6.45) is 0. The molecule has 1 aromatic carbocycles. The van der Waals surface area contributed by atoms with Gasteiger partial charge < -0.3 is 15.5 Å². The van der Waals surface area contributed by atoms with Crippen molar-refractivity contribution in [2.75, 3.05) is 19.7 Å². The molecular weight excluding hydrogens is 301 g/mol. The summed E-state index contributed by atoms with van der Waals surface area (Å²) in [7, 11) is 0. The van der Waals surface area contributed by atoms with Crippen molar-refractivity contribution in [2.24, 2.45) is 10.9 Å². The van der Waals surface area contributed by atoms with Crippen LogP contribution >= 0.6 is 15.9 Å². The van der Waals surface area contributed by atoms with Gasteiger partial charge in [-0.1, -0.05) is 27.2 Å². The highest BCUT2D eigenvalue weighted by Gasteiger charge is 2.39. The zero-order valence-electron chi connectivity index (χ0n) is 9.64. The molecule has 96 valence electrons. The Hall–Kier alpha value is -1.14. The smallest absolute Gasteiger partial charge is 0.162 e. The predicted octanol–water partition coefficient (Wildman–Crippen LogP) is 1.66. The van der Waals surface area contributed by atoms with E-state index >= 15 is 0 Å². The Labute approximate surface area is 113 Å². The molecule has 1 saturated heterocycles. The van der Waals surface area contributed by atoms with E-state index < -0.39 is 0 Å². The molecule has 0 amide bonds. The van der Waals surface area contributed by atoms with Crippen molar-refractivity contribution in [3.8, 4) is 0 Å². The summed E-state index contributed by atoms with van der Waals surface area (Å²) in [5.74, 6) is 0.429. The Bertz CT molecular complexity index is 508. The number of nitrogens with zero attached hydrogens (tertiary/aromatic N) is 2. The number of hydrogen-bond acceptors (Lipinski definition) is 4. The van der Waals surface area contributed by atoms with Crippen LogP contribution in [-0.4, -0.2) is 36.5 Å². The summed E-state index contributed by atoms with van der Waals surface area (Å²) in [6.45, 7) is 2.02. The summed E-state index contributed by atoms with van der Waals surface area (Å²) in [5.41, 5.74) is 6.78. The maximum absolute atomic E-state index is 14.0. The molecule has 0 saturated carbocycles. The summed E-state index contributed by atoms with van der Waals surface area (Å²) in [4.78, 5) is 7.12. The fourth-order valence-corrected chi connectivity index (χ4v) is 2.85. The average Bonchev–Trinajstić information content (AvgIpc) is 2.68. The van der Waals surface area contributed by atoms with Gasteiger partial charge in [0.25, 0.3) is 0 Å². The molecule has 2 aliphatic rings. The lowest BCUT2D eigenvalue weighted by Gasteiger charge is -2.22. The number of amidine groups is 1. The van der Waals surface area contributed by atoms with E-state index in [-0.39, 0.29) is 17.8 Å². The maximum atomic E-state index is 14.0. The summed E-state index contributed by atoms with van der Waals surface area (Å²) in [6, 6.07) is 4.78. The molecule has 3 rings (SSSR count). The zero-order chi connectivity index (χ0) is 12.7. The van der Waals surface area contributed by atoms with Crippen molar-refractivity contribution in [1.29, 1.82) is 0 Å². The van der Waals surface area contributed by atoms with E-state index in [0.717, 1.165) is 16.9 Å². The molecule has 0 aromatic heterocycles. The number of rotatable bonds is 1. The summed E-state index contributed by atoms with van der Waals surface area (Å²) < 4.78 is 14.7. The molecular formula is C12H13BrFN3O. The number of halogens is 2. The van der Waals surface area contributed by atoms with Gasteiger partial charge in [-0.2, -0.15) is 0 Å². The highest BCUT2D eigenvalue weighted by Crippen LogP contribution is 2.31. The first-order valence-corrected chi connectivity index (χ1v) is 6.61. The first kappa shape index (κ1) is 11.9. The third-order valence-electron chi connectivity index (χ3n) is 3.45. The standard InChI is InChI=1S/C12H13BrFN3O/c13-7-1-2-8(10(14)5-7)9-6-17-3-4-18-16-12(17)11(9)15/h1-2,5,9,11H,3-4,6,15H2/t9-,11-/m0/s1. The van der Waals surface area contributed by atoms with E-state index in [1.807, 2.05) is 6.07 Å². The number of benzene rings is 1. The van der Waals surface area contributed by atoms with Crippen LogP contribution < -0.4 is 5.73 Å². The van der Waals surface area contributed by atoms with Crippen molar-refractivity contribution >= 4 is 21.8 Å². The molecule has 0 radical (unpaired) electrons. The highest BCUT2D eigenvalue weighted by molar-refractivity contribution is 9.10. The molecule has 18 heavy (non-hydrogen) atoms. The molecule has 1 fully saturated rings. The minimum atomic E-state index is -0.305.